The van der Waals surface area contributed by atoms with E-state index in [0.717, 1.165) is 5.56 Å². The number of pyridine rings is 1. The monoisotopic (exact) mass is 289 g/mol. The van der Waals surface area contributed by atoms with Gasteiger partial charge >= 0.3 is 0 Å². The molecule has 1 aliphatic heterocycles. The van der Waals surface area contributed by atoms with E-state index in [1.165, 1.54) is 18.7 Å². The number of carbonyl (C=O) groups is 2. The second-order valence-electron chi connectivity index (χ2n) is 4.82. The first-order valence-corrected chi connectivity index (χ1v) is 7.31. The summed E-state index contributed by atoms with van der Waals surface area (Å²) in [6, 6.07) is 3.87. The van der Waals surface area contributed by atoms with Gasteiger partial charge in [0.05, 0.1) is 5.56 Å². The molecule has 1 fully saturated rings. The van der Waals surface area contributed by atoms with Gasteiger partial charge in [-0.1, -0.05) is 11.8 Å². The molecule has 0 spiro atoms. The number of nitrogens with zero attached hydrogens (tertiary/aromatic N) is 3. The van der Waals surface area contributed by atoms with E-state index in [0.29, 0.717) is 30.1 Å². The van der Waals surface area contributed by atoms with Gasteiger partial charge in [-0.05, 0) is 24.5 Å². The predicted molar refractivity (Wildman–Crippen MR) is 77.3 cm³/mol. The summed E-state index contributed by atoms with van der Waals surface area (Å²) < 4.78 is 0. The Hall–Kier alpha value is -1.87. The molecule has 6 heteroatoms. The molecule has 20 heavy (non-hydrogen) atoms. The number of rotatable bonds is 3. The molecule has 0 bridgehead atoms. The Morgan fingerprint density at radius 1 is 1.65 bits per heavy atom. The number of carbonyl (C=O) groups excluding carboxylic acids is 2. The lowest BCUT2D eigenvalue weighted by molar-refractivity contribution is -0.117. The average Bonchev–Trinajstić information content (AvgIpc) is 2.77. The van der Waals surface area contributed by atoms with Crippen molar-refractivity contribution in [3.63, 3.8) is 0 Å². The molecule has 2 rings (SSSR count). The van der Waals surface area contributed by atoms with E-state index < -0.39 is 0 Å². The van der Waals surface area contributed by atoms with Crippen molar-refractivity contribution in [1.29, 1.82) is 5.26 Å². The van der Waals surface area contributed by atoms with Crippen molar-refractivity contribution in [1.82, 2.24) is 4.98 Å². The summed E-state index contributed by atoms with van der Waals surface area (Å²) in [5, 5.41) is 9.27. The summed E-state index contributed by atoms with van der Waals surface area (Å²) >= 11 is 1.24. The van der Waals surface area contributed by atoms with Gasteiger partial charge in [0.2, 0.25) is 5.91 Å². The zero-order valence-electron chi connectivity index (χ0n) is 11.4. The van der Waals surface area contributed by atoms with Gasteiger partial charge < -0.3 is 0 Å². The normalized spacial score (nSPS) is 18.1. The molecule has 5 nitrogen and oxygen atoms in total. The molecule has 104 valence electrons. The fourth-order valence-corrected chi connectivity index (χ4v) is 2.91. The van der Waals surface area contributed by atoms with Crippen molar-refractivity contribution in [2.45, 2.75) is 20.3 Å². The quantitative estimate of drug-likeness (QED) is 0.849. The van der Waals surface area contributed by atoms with Gasteiger partial charge in [0.25, 0.3) is 0 Å². The smallest absolute Gasteiger partial charge is 0.228 e. The Morgan fingerprint density at radius 2 is 2.40 bits per heavy atom. The van der Waals surface area contributed by atoms with E-state index in [4.69, 9.17) is 0 Å². The Bertz CT molecular complexity index is 595. The molecule has 0 N–H and O–H groups in total. The van der Waals surface area contributed by atoms with Crippen molar-refractivity contribution in [2.24, 2.45) is 5.92 Å². The van der Waals surface area contributed by atoms with Crippen LogP contribution in [0.15, 0.2) is 12.3 Å². The molecule has 2 heterocycles. The van der Waals surface area contributed by atoms with Crippen LogP contribution in [0.25, 0.3) is 0 Å². The number of hydrogen-bond acceptors (Lipinski definition) is 5. The maximum absolute atomic E-state index is 12.1. The zero-order chi connectivity index (χ0) is 14.7. The maximum Gasteiger partial charge on any atom is 0.228 e. The third kappa shape index (κ3) is 2.99. The van der Waals surface area contributed by atoms with Gasteiger partial charge in [-0.3, -0.25) is 14.5 Å². The number of hydrogen-bond donors (Lipinski definition) is 0. The molecule has 1 atom stereocenters. The Morgan fingerprint density at radius 3 is 3.05 bits per heavy atom. The van der Waals surface area contributed by atoms with Crippen LogP contribution in [0.3, 0.4) is 0 Å². The highest BCUT2D eigenvalue weighted by molar-refractivity contribution is 8.13. The summed E-state index contributed by atoms with van der Waals surface area (Å²) in [5.41, 5.74) is 1.26. The molecule has 1 saturated heterocycles. The molecule has 1 aliphatic rings. The minimum atomic E-state index is -0.0336. The molecule has 1 aromatic rings. The first kappa shape index (κ1) is 14.5. The zero-order valence-corrected chi connectivity index (χ0v) is 12.2. The number of thioether (sulfide) groups is 1. The first-order chi connectivity index (χ1) is 9.52. The first-order valence-electron chi connectivity index (χ1n) is 6.32. The number of aromatic nitrogens is 1. The topological polar surface area (TPSA) is 74.1 Å². The fourth-order valence-electron chi connectivity index (χ4n) is 2.22. The third-order valence-corrected chi connectivity index (χ3v) is 4.28. The predicted octanol–water partition coefficient (Wildman–Crippen LogP) is 1.89. The Labute approximate surface area is 122 Å². The second kappa shape index (κ2) is 6.06. The second-order valence-corrected chi connectivity index (χ2v) is 6.01. The highest BCUT2D eigenvalue weighted by atomic mass is 32.2. The molecule has 0 aliphatic carbocycles. The van der Waals surface area contributed by atoms with Gasteiger partial charge in [-0.15, -0.1) is 0 Å². The SMILES string of the molecule is CC(=O)SCC1CC(=O)N(c2nccc(C)c2C#N)C1. The van der Waals surface area contributed by atoms with Crippen LogP contribution in [-0.2, 0) is 9.59 Å². The van der Waals surface area contributed by atoms with Crippen molar-refractivity contribution in [2.75, 3.05) is 17.2 Å². The van der Waals surface area contributed by atoms with E-state index in [1.54, 1.807) is 17.2 Å². The number of aryl methyl sites for hydroxylation is 1. The Balaban J connectivity index is 2.18. The molecule has 0 saturated carbocycles. The summed E-state index contributed by atoms with van der Waals surface area (Å²) in [6.07, 6.45) is 2.01. The van der Waals surface area contributed by atoms with Crippen molar-refractivity contribution in [3.8, 4) is 6.07 Å². The number of amides is 1. The Kier molecular flexibility index (Phi) is 4.40. The summed E-state index contributed by atoms with van der Waals surface area (Å²) in [5.74, 6) is 1.16. The number of anilines is 1. The highest BCUT2D eigenvalue weighted by Crippen LogP contribution is 2.29. The number of nitriles is 1. The molecular formula is C14H15N3O2S. The summed E-state index contributed by atoms with van der Waals surface area (Å²) in [6.45, 7) is 3.87. The van der Waals surface area contributed by atoms with Gasteiger partial charge in [0.15, 0.2) is 10.9 Å². The van der Waals surface area contributed by atoms with E-state index >= 15 is 0 Å². The molecular weight excluding hydrogens is 274 g/mol. The van der Waals surface area contributed by atoms with Crippen LogP contribution in [0.1, 0.15) is 24.5 Å². The minimum Gasteiger partial charge on any atom is -0.295 e. The van der Waals surface area contributed by atoms with Crippen LogP contribution >= 0.6 is 11.8 Å². The standard InChI is InChI=1S/C14H15N3O2S/c1-9-3-4-16-14(12(9)6-15)17-7-11(5-13(17)19)8-20-10(2)18/h3-4,11H,5,7-8H2,1-2H3. The minimum absolute atomic E-state index is 0.0336. The largest absolute Gasteiger partial charge is 0.295 e. The molecule has 1 amide bonds. The van der Waals surface area contributed by atoms with E-state index in [1.807, 2.05) is 6.92 Å². The van der Waals surface area contributed by atoms with Gasteiger partial charge in [-0.2, -0.15) is 5.26 Å². The lowest BCUT2D eigenvalue weighted by Gasteiger charge is -2.17. The summed E-state index contributed by atoms with van der Waals surface area (Å²) in [4.78, 5) is 28.8. The molecule has 0 radical (unpaired) electrons. The molecule has 1 unspecified atom stereocenters. The van der Waals surface area contributed by atoms with Crippen molar-refractivity contribution >= 4 is 28.6 Å². The maximum atomic E-state index is 12.1. The lowest BCUT2D eigenvalue weighted by atomic mass is 10.1. The summed E-state index contributed by atoms with van der Waals surface area (Å²) in [7, 11) is 0. The third-order valence-electron chi connectivity index (χ3n) is 3.23. The van der Waals surface area contributed by atoms with Crippen LogP contribution in [0.5, 0.6) is 0 Å². The van der Waals surface area contributed by atoms with Crippen LogP contribution in [0, 0.1) is 24.2 Å². The van der Waals surface area contributed by atoms with Gasteiger partial charge in [0, 0.05) is 31.8 Å². The van der Waals surface area contributed by atoms with Crippen molar-refractivity contribution in [3.05, 3.63) is 23.4 Å². The molecule has 1 aromatic heterocycles. The van der Waals surface area contributed by atoms with E-state index in [2.05, 4.69) is 11.1 Å². The van der Waals surface area contributed by atoms with Crippen LogP contribution in [0.2, 0.25) is 0 Å². The molecule has 0 aromatic carbocycles. The van der Waals surface area contributed by atoms with Crippen LogP contribution in [-0.4, -0.2) is 28.3 Å². The van der Waals surface area contributed by atoms with Gasteiger partial charge in [-0.25, -0.2) is 4.98 Å². The lowest BCUT2D eigenvalue weighted by Crippen LogP contribution is -2.27. The van der Waals surface area contributed by atoms with Gasteiger partial charge in [0.1, 0.15) is 6.07 Å². The fraction of sp³-hybridized carbons (Fsp3) is 0.429. The van der Waals surface area contributed by atoms with E-state index in [-0.39, 0.29) is 16.9 Å². The van der Waals surface area contributed by atoms with Crippen LogP contribution < -0.4 is 4.90 Å². The van der Waals surface area contributed by atoms with Crippen molar-refractivity contribution < 1.29 is 9.59 Å². The van der Waals surface area contributed by atoms with Crippen LogP contribution in [0.4, 0.5) is 5.82 Å². The van der Waals surface area contributed by atoms with E-state index in [9.17, 15) is 14.9 Å². The highest BCUT2D eigenvalue weighted by Gasteiger charge is 2.33. The average molecular weight is 289 g/mol.